The van der Waals surface area contributed by atoms with E-state index < -0.39 is 0 Å². The number of carbonyl (C=O) groups excluding carboxylic acids is 1. The molecule has 2 rings (SSSR count). The highest BCUT2D eigenvalue weighted by Crippen LogP contribution is 2.26. The van der Waals surface area contributed by atoms with Gasteiger partial charge in [0, 0.05) is 10.7 Å². The van der Waals surface area contributed by atoms with Gasteiger partial charge < -0.3 is 5.32 Å². The molecular weight excluding hydrogens is 305 g/mol. The molecule has 1 N–H and O–H groups in total. The number of amides is 1. The Morgan fingerprint density at radius 1 is 1.05 bits per heavy atom. The van der Waals surface area contributed by atoms with Gasteiger partial charge in [0.05, 0.1) is 15.6 Å². The lowest BCUT2D eigenvalue weighted by atomic mass is 10.1. The van der Waals surface area contributed by atoms with Gasteiger partial charge in [-0.1, -0.05) is 46.9 Å². The van der Waals surface area contributed by atoms with Gasteiger partial charge in [0.2, 0.25) is 0 Å². The maximum atomic E-state index is 12.2. The van der Waals surface area contributed by atoms with Crippen LogP contribution in [0.3, 0.4) is 0 Å². The van der Waals surface area contributed by atoms with Crippen molar-refractivity contribution in [3.8, 4) is 0 Å². The lowest BCUT2D eigenvalue weighted by molar-refractivity contribution is 0.102. The summed E-state index contributed by atoms with van der Waals surface area (Å²) in [7, 11) is 0. The van der Waals surface area contributed by atoms with E-state index in [-0.39, 0.29) is 11.5 Å². The third kappa shape index (κ3) is 3.21. The third-order valence-electron chi connectivity index (χ3n) is 2.64. The Bertz CT molecular complexity index is 620. The highest BCUT2D eigenvalue weighted by Gasteiger charge is 2.15. The molecule has 19 heavy (non-hydrogen) atoms. The standard InChI is InChI=1S/C14H10Cl3NO/c1-8-5-6-9(15)7-12(8)18-14(19)13-10(16)3-2-4-11(13)17/h2-7H,1H3,(H,18,19). The number of halogens is 3. The van der Waals surface area contributed by atoms with Crippen molar-refractivity contribution < 1.29 is 4.79 Å². The van der Waals surface area contributed by atoms with Crippen LogP contribution in [0.15, 0.2) is 36.4 Å². The smallest absolute Gasteiger partial charge is 0.258 e. The van der Waals surface area contributed by atoms with Crippen LogP contribution < -0.4 is 5.32 Å². The molecule has 0 fully saturated rings. The minimum absolute atomic E-state index is 0.255. The first kappa shape index (κ1) is 14.2. The van der Waals surface area contributed by atoms with E-state index in [4.69, 9.17) is 34.8 Å². The Balaban J connectivity index is 2.34. The molecule has 0 radical (unpaired) electrons. The molecule has 0 aliphatic heterocycles. The van der Waals surface area contributed by atoms with Gasteiger partial charge in [-0.25, -0.2) is 0 Å². The molecule has 0 saturated heterocycles. The van der Waals surface area contributed by atoms with Crippen molar-refractivity contribution in [1.29, 1.82) is 0 Å². The molecule has 0 bridgehead atoms. The van der Waals surface area contributed by atoms with E-state index in [1.54, 1.807) is 30.3 Å². The fraction of sp³-hybridized carbons (Fsp3) is 0.0714. The second-order valence-corrected chi connectivity index (χ2v) is 5.26. The van der Waals surface area contributed by atoms with E-state index in [0.717, 1.165) is 5.56 Å². The number of hydrogen-bond donors (Lipinski definition) is 1. The molecule has 2 aromatic rings. The molecule has 5 heteroatoms. The van der Waals surface area contributed by atoms with E-state index in [0.29, 0.717) is 20.8 Å². The van der Waals surface area contributed by atoms with Gasteiger partial charge in [-0.15, -0.1) is 0 Å². The van der Waals surface area contributed by atoms with Crippen LogP contribution in [0.5, 0.6) is 0 Å². The van der Waals surface area contributed by atoms with Gasteiger partial charge in [-0.3, -0.25) is 4.79 Å². The van der Waals surface area contributed by atoms with Crippen LogP contribution in [-0.4, -0.2) is 5.91 Å². The predicted molar refractivity (Wildman–Crippen MR) is 80.6 cm³/mol. The summed E-state index contributed by atoms with van der Waals surface area (Å²) >= 11 is 17.9. The predicted octanol–water partition coefficient (Wildman–Crippen LogP) is 5.21. The lowest BCUT2D eigenvalue weighted by Gasteiger charge is -2.10. The number of hydrogen-bond acceptors (Lipinski definition) is 1. The van der Waals surface area contributed by atoms with Gasteiger partial charge in [0.25, 0.3) is 5.91 Å². The summed E-state index contributed by atoms with van der Waals surface area (Å²) in [4.78, 5) is 12.2. The number of aryl methyl sites for hydroxylation is 1. The second-order valence-electron chi connectivity index (χ2n) is 4.01. The quantitative estimate of drug-likeness (QED) is 0.810. The molecule has 0 aliphatic carbocycles. The monoisotopic (exact) mass is 313 g/mol. The van der Waals surface area contributed by atoms with Crippen LogP contribution >= 0.6 is 34.8 Å². The van der Waals surface area contributed by atoms with Crippen LogP contribution in [-0.2, 0) is 0 Å². The zero-order valence-electron chi connectivity index (χ0n) is 10.0. The van der Waals surface area contributed by atoms with Crippen LogP contribution in [0, 0.1) is 6.92 Å². The molecule has 0 unspecified atom stereocenters. The van der Waals surface area contributed by atoms with Crippen molar-refractivity contribution >= 4 is 46.4 Å². The van der Waals surface area contributed by atoms with Crippen LogP contribution in [0.2, 0.25) is 15.1 Å². The Hall–Kier alpha value is -1.22. The molecular formula is C14H10Cl3NO. The highest BCUT2D eigenvalue weighted by atomic mass is 35.5. The number of benzene rings is 2. The van der Waals surface area contributed by atoms with Crippen molar-refractivity contribution in [1.82, 2.24) is 0 Å². The summed E-state index contributed by atoms with van der Waals surface area (Å²) in [6, 6.07) is 10.2. The average molecular weight is 315 g/mol. The molecule has 0 spiro atoms. The zero-order valence-corrected chi connectivity index (χ0v) is 12.3. The normalized spacial score (nSPS) is 10.3. The SMILES string of the molecule is Cc1ccc(Cl)cc1NC(=O)c1c(Cl)cccc1Cl. The average Bonchev–Trinajstić information content (AvgIpc) is 2.33. The van der Waals surface area contributed by atoms with E-state index in [1.165, 1.54) is 0 Å². The van der Waals surface area contributed by atoms with E-state index >= 15 is 0 Å². The van der Waals surface area contributed by atoms with E-state index in [2.05, 4.69) is 5.32 Å². The van der Waals surface area contributed by atoms with Crippen molar-refractivity contribution in [2.45, 2.75) is 6.92 Å². The van der Waals surface area contributed by atoms with Crippen molar-refractivity contribution in [2.75, 3.05) is 5.32 Å². The molecule has 1 amide bonds. The van der Waals surface area contributed by atoms with Gasteiger partial charge in [0.15, 0.2) is 0 Å². The summed E-state index contributed by atoms with van der Waals surface area (Å²) in [5.74, 6) is -0.360. The minimum atomic E-state index is -0.360. The minimum Gasteiger partial charge on any atom is -0.322 e. The van der Waals surface area contributed by atoms with Gasteiger partial charge >= 0.3 is 0 Å². The van der Waals surface area contributed by atoms with Crippen LogP contribution in [0.25, 0.3) is 0 Å². The second kappa shape index (κ2) is 5.83. The van der Waals surface area contributed by atoms with Crippen molar-refractivity contribution in [3.05, 3.63) is 62.6 Å². The molecule has 0 aliphatic rings. The molecule has 0 aromatic heterocycles. The molecule has 2 nitrogen and oxygen atoms in total. The largest absolute Gasteiger partial charge is 0.322 e. The number of rotatable bonds is 2. The van der Waals surface area contributed by atoms with Crippen molar-refractivity contribution in [3.63, 3.8) is 0 Å². The summed E-state index contributed by atoms with van der Waals surface area (Å²) in [5, 5.41) is 3.92. The summed E-state index contributed by atoms with van der Waals surface area (Å²) in [6.45, 7) is 1.88. The number of nitrogens with one attached hydrogen (secondary N) is 1. The fourth-order valence-electron chi connectivity index (χ4n) is 1.63. The lowest BCUT2D eigenvalue weighted by Crippen LogP contribution is -2.14. The number of carbonyl (C=O) groups is 1. The van der Waals surface area contributed by atoms with Crippen molar-refractivity contribution in [2.24, 2.45) is 0 Å². The summed E-state index contributed by atoms with van der Waals surface area (Å²) < 4.78 is 0. The highest BCUT2D eigenvalue weighted by molar-refractivity contribution is 6.40. The molecule has 0 atom stereocenters. The molecule has 0 saturated carbocycles. The van der Waals surface area contributed by atoms with Gasteiger partial charge in [0.1, 0.15) is 0 Å². The van der Waals surface area contributed by atoms with Gasteiger partial charge in [-0.05, 0) is 36.8 Å². The topological polar surface area (TPSA) is 29.1 Å². The van der Waals surface area contributed by atoms with E-state index in [1.807, 2.05) is 13.0 Å². The summed E-state index contributed by atoms with van der Waals surface area (Å²) in [5.41, 5.74) is 1.79. The first-order valence-electron chi connectivity index (χ1n) is 5.50. The molecule has 0 heterocycles. The molecule has 98 valence electrons. The van der Waals surface area contributed by atoms with Gasteiger partial charge in [-0.2, -0.15) is 0 Å². The Kier molecular flexibility index (Phi) is 4.35. The Morgan fingerprint density at radius 3 is 2.32 bits per heavy atom. The number of anilines is 1. The van der Waals surface area contributed by atoms with Crippen LogP contribution in [0.4, 0.5) is 5.69 Å². The first-order valence-corrected chi connectivity index (χ1v) is 6.64. The fourth-order valence-corrected chi connectivity index (χ4v) is 2.37. The first-order chi connectivity index (χ1) is 8.99. The zero-order chi connectivity index (χ0) is 14.0. The van der Waals surface area contributed by atoms with E-state index in [9.17, 15) is 4.79 Å². The molecule has 2 aromatic carbocycles. The van der Waals surface area contributed by atoms with Crippen LogP contribution in [0.1, 0.15) is 15.9 Å². The third-order valence-corrected chi connectivity index (χ3v) is 3.50. The Labute approximate surface area is 126 Å². The Morgan fingerprint density at radius 2 is 1.68 bits per heavy atom. The maximum absolute atomic E-state index is 12.2. The maximum Gasteiger partial charge on any atom is 0.258 e. The summed E-state index contributed by atoms with van der Waals surface area (Å²) in [6.07, 6.45) is 0.